The van der Waals surface area contributed by atoms with E-state index in [4.69, 9.17) is 0 Å². The Morgan fingerprint density at radius 3 is 1.96 bits per heavy atom. The maximum atomic E-state index is 12.6. The lowest BCUT2D eigenvalue weighted by atomic mass is 10.1. The summed E-state index contributed by atoms with van der Waals surface area (Å²) >= 11 is 0. The third kappa shape index (κ3) is 4.50. The molecule has 0 spiro atoms. The molecule has 1 aromatic carbocycles. The molecule has 0 radical (unpaired) electrons. The van der Waals surface area contributed by atoms with Gasteiger partial charge < -0.3 is 4.90 Å². The van der Waals surface area contributed by atoms with Crippen molar-refractivity contribution in [2.24, 2.45) is 0 Å². The number of hydrogen-bond donors (Lipinski definition) is 1. The van der Waals surface area contributed by atoms with Crippen LogP contribution in [0.2, 0.25) is 0 Å². The van der Waals surface area contributed by atoms with Crippen LogP contribution in [0.25, 0.3) is 0 Å². The fraction of sp³-hybridized carbons (Fsp3) is 0.588. The van der Waals surface area contributed by atoms with E-state index in [1.54, 1.807) is 4.90 Å². The Balaban J connectivity index is 1.68. The topological polar surface area (TPSA) is 104 Å². The van der Waals surface area contributed by atoms with Crippen molar-refractivity contribution < 1.29 is 21.6 Å². The Morgan fingerprint density at radius 1 is 0.926 bits per heavy atom. The second-order valence-electron chi connectivity index (χ2n) is 6.98. The molecule has 1 N–H and O–H groups in total. The third-order valence-corrected chi connectivity index (χ3v) is 8.55. The normalized spacial score (nSPS) is 20.1. The fourth-order valence-corrected chi connectivity index (χ4v) is 6.29. The summed E-state index contributed by atoms with van der Waals surface area (Å²) in [6.07, 6.45) is 2.80. The van der Waals surface area contributed by atoms with Crippen LogP contribution in [0.15, 0.2) is 34.1 Å². The van der Waals surface area contributed by atoms with Crippen molar-refractivity contribution in [3.05, 3.63) is 24.3 Å². The number of sulfonamides is 2. The number of carbonyl (C=O) groups excluding carboxylic acids is 1. The summed E-state index contributed by atoms with van der Waals surface area (Å²) in [4.78, 5) is 13.2. The van der Waals surface area contributed by atoms with Crippen molar-refractivity contribution >= 4 is 26.0 Å². The van der Waals surface area contributed by atoms with E-state index in [-0.39, 0.29) is 21.7 Å². The van der Waals surface area contributed by atoms with E-state index in [0.717, 1.165) is 12.8 Å². The Bertz CT molecular complexity index is 883. The molecule has 10 heteroatoms. The summed E-state index contributed by atoms with van der Waals surface area (Å²) in [5, 5.41) is 0. The molecule has 150 valence electrons. The Hall–Kier alpha value is -1.49. The third-order valence-electron chi connectivity index (χ3n) is 5.10. The van der Waals surface area contributed by atoms with E-state index in [1.165, 1.54) is 35.5 Å². The van der Waals surface area contributed by atoms with Gasteiger partial charge in [-0.15, -0.1) is 0 Å². The molecule has 0 aromatic heterocycles. The molecule has 0 aliphatic carbocycles. The maximum absolute atomic E-state index is 12.6. The number of hydrogen-bond acceptors (Lipinski definition) is 5. The monoisotopic (exact) mass is 415 g/mol. The fourth-order valence-electron chi connectivity index (χ4n) is 3.47. The standard InChI is InChI=1S/C17H25N3O5S2/c1-14(21)19-12-8-15(9-13-19)18-26(22,23)16-4-6-17(7-5-16)27(24,25)20-10-2-3-11-20/h4-7,15,18H,2-3,8-13H2,1H3. The van der Waals surface area contributed by atoms with Gasteiger partial charge in [-0.25, -0.2) is 21.6 Å². The summed E-state index contributed by atoms with van der Waals surface area (Å²) in [5.74, 6) is -0.00823. The Morgan fingerprint density at radius 2 is 1.44 bits per heavy atom. The first-order chi connectivity index (χ1) is 12.7. The summed E-state index contributed by atoms with van der Waals surface area (Å²) in [5.41, 5.74) is 0. The predicted octanol–water partition coefficient (Wildman–Crippen LogP) is 0.760. The molecule has 0 saturated carbocycles. The lowest BCUT2D eigenvalue weighted by molar-refractivity contribution is -0.129. The van der Waals surface area contributed by atoms with Gasteiger partial charge in [0.1, 0.15) is 0 Å². The predicted molar refractivity (Wildman–Crippen MR) is 100 cm³/mol. The largest absolute Gasteiger partial charge is 0.343 e. The molecule has 0 bridgehead atoms. The minimum absolute atomic E-state index is 0.00823. The zero-order valence-corrected chi connectivity index (χ0v) is 16.9. The van der Waals surface area contributed by atoms with E-state index in [9.17, 15) is 21.6 Å². The average molecular weight is 416 g/mol. The Labute approximate surface area is 160 Å². The van der Waals surface area contributed by atoms with Crippen molar-refractivity contribution in [3.63, 3.8) is 0 Å². The van der Waals surface area contributed by atoms with Gasteiger partial charge in [0.05, 0.1) is 9.79 Å². The lowest BCUT2D eigenvalue weighted by Gasteiger charge is -2.31. The van der Waals surface area contributed by atoms with Crippen LogP contribution in [0.4, 0.5) is 0 Å². The molecule has 1 amide bonds. The van der Waals surface area contributed by atoms with Crippen molar-refractivity contribution in [3.8, 4) is 0 Å². The summed E-state index contributed by atoms with van der Waals surface area (Å²) in [7, 11) is -7.30. The lowest BCUT2D eigenvalue weighted by Crippen LogP contribution is -2.45. The summed E-state index contributed by atoms with van der Waals surface area (Å²) in [6, 6.07) is 5.12. The number of carbonyl (C=O) groups is 1. The van der Waals surface area contributed by atoms with E-state index >= 15 is 0 Å². The second-order valence-corrected chi connectivity index (χ2v) is 10.6. The zero-order chi connectivity index (χ0) is 19.7. The van der Waals surface area contributed by atoms with Gasteiger partial charge in [0.2, 0.25) is 26.0 Å². The minimum atomic E-state index is -3.74. The number of nitrogens with one attached hydrogen (secondary N) is 1. The first kappa shape index (κ1) is 20.2. The Kier molecular flexibility index (Phi) is 5.90. The highest BCUT2D eigenvalue weighted by atomic mass is 32.2. The molecule has 3 rings (SSSR count). The second kappa shape index (κ2) is 7.86. The molecule has 2 aliphatic rings. The highest BCUT2D eigenvalue weighted by molar-refractivity contribution is 7.89. The first-order valence-corrected chi connectivity index (χ1v) is 12.0. The van der Waals surface area contributed by atoms with Gasteiger partial charge in [-0.2, -0.15) is 4.31 Å². The number of nitrogens with zero attached hydrogens (tertiary/aromatic N) is 2. The van der Waals surface area contributed by atoms with Crippen LogP contribution in [-0.2, 0) is 24.8 Å². The van der Waals surface area contributed by atoms with Gasteiger partial charge in [-0.3, -0.25) is 4.79 Å². The highest BCUT2D eigenvalue weighted by Crippen LogP contribution is 2.22. The minimum Gasteiger partial charge on any atom is -0.343 e. The summed E-state index contributed by atoms with van der Waals surface area (Å²) < 4.78 is 54.3. The molecule has 27 heavy (non-hydrogen) atoms. The van der Waals surface area contributed by atoms with E-state index in [1.807, 2.05) is 0 Å². The van der Waals surface area contributed by atoms with Crippen molar-refractivity contribution in [1.29, 1.82) is 0 Å². The highest BCUT2D eigenvalue weighted by Gasteiger charge is 2.29. The van der Waals surface area contributed by atoms with Gasteiger partial charge in [0, 0.05) is 39.1 Å². The van der Waals surface area contributed by atoms with Gasteiger partial charge >= 0.3 is 0 Å². The van der Waals surface area contributed by atoms with Crippen LogP contribution in [0.3, 0.4) is 0 Å². The quantitative estimate of drug-likeness (QED) is 0.765. The number of piperidine rings is 1. The molecule has 8 nitrogen and oxygen atoms in total. The molecule has 2 heterocycles. The maximum Gasteiger partial charge on any atom is 0.243 e. The van der Waals surface area contributed by atoms with Crippen molar-refractivity contribution in [2.75, 3.05) is 26.2 Å². The number of amides is 1. The van der Waals surface area contributed by atoms with Crippen molar-refractivity contribution in [2.45, 2.75) is 48.4 Å². The molecule has 2 saturated heterocycles. The van der Waals surface area contributed by atoms with Gasteiger partial charge in [-0.1, -0.05) is 0 Å². The molecule has 0 unspecified atom stereocenters. The molecule has 2 fully saturated rings. The van der Waals surface area contributed by atoms with E-state index < -0.39 is 20.0 Å². The smallest absolute Gasteiger partial charge is 0.243 e. The molecule has 1 aromatic rings. The van der Waals surface area contributed by atoms with E-state index in [2.05, 4.69) is 4.72 Å². The average Bonchev–Trinajstić information content (AvgIpc) is 3.17. The molecule has 0 atom stereocenters. The van der Waals surface area contributed by atoms with Gasteiger partial charge in [-0.05, 0) is 49.9 Å². The van der Waals surface area contributed by atoms with Crippen LogP contribution in [0.1, 0.15) is 32.6 Å². The van der Waals surface area contributed by atoms with Crippen LogP contribution < -0.4 is 4.72 Å². The van der Waals surface area contributed by atoms with Gasteiger partial charge in [0.25, 0.3) is 0 Å². The zero-order valence-electron chi connectivity index (χ0n) is 15.3. The van der Waals surface area contributed by atoms with Crippen LogP contribution in [-0.4, -0.2) is 64.2 Å². The first-order valence-electron chi connectivity index (χ1n) is 9.08. The summed E-state index contributed by atoms with van der Waals surface area (Å²) in [6.45, 7) is 3.55. The number of likely N-dealkylation sites (tertiary alicyclic amines) is 1. The number of benzene rings is 1. The molecular formula is C17H25N3O5S2. The van der Waals surface area contributed by atoms with Crippen molar-refractivity contribution in [1.82, 2.24) is 13.9 Å². The van der Waals surface area contributed by atoms with Crippen LogP contribution in [0.5, 0.6) is 0 Å². The number of rotatable bonds is 5. The molecule has 2 aliphatic heterocycles. The van der Waals surface area contributed by atoms with Crippen LogP contribution >= 0.6 is 0 Å². The van der Waals surface area contributed by atoms with Crippen LogP contribution in [0, 0.1) is 0 Å². The molecular weight excluding hydrogens is 390 g/mol. The SMILES string of the molecule is CC(=O)N1CCC(NS(=O)(=O)c2ccc(S(=O)(=O)N3CCCC3)cc2)CC1. The van der Waals surface area contributed by atoms with Gasteiger partial charge in [0.15, 0.2) is 0 Å². The van der Waals surface area contributed by atoms with E-state index in [0.29, 0.717) is 39.0 Å².